The number of hydrogen-bond donors (Lipinski definition) is 1. The second kappa shape index (κ2) is 3.07. The Morgan fingerprint density at radius 3 is 3.07 bits per heavy atom. The Kier molecular flexibility index (Phi) is 1.96. The van der Waals surface area contributed by atoms with Gasteiger partial charge < -0.3 is 5.32 Å². The lowest BCUT2D eigenvalue weighted by Crippen LogP contribution is -2.17. The largest absolute Gasteiger partial charge is 0.316 e. The Labute approximate surface area is 93.0 Å². The van der Waals surface area contributed by atoms with Crippen LogP contribution in [0.2, 0.25) is 0 Å². The van der Waals surface area contributed by atoms with Gasteiger partial charge in [0.2, 0.25) is 0 Å². The van der Waals surface area contributed by atoms with Gasteiger partial charge in [-0.25, -0.2) is 0 Å². The molecule has 3 rings (SSSR count). The van der Waals surface area contributed by atoms with Crippen molar-refractivity contribution in [2.75, 3.05) is 13.1 Å². The molecule has 74 valence electrons. The molecule has 1 aromatic rings. The lowest BCUT2D eigenvalue weighted by atomic mass is 9.96. The van der Waals surface area contributed by atoms with Crippen LogP contribution in [0.3, 0.4) is 0 Å². The maximum atomic E-state index is 3.53. The smallest absolute Gasteiger partial charge is 0.0177 e. The van der Waals surface area contributed by atoms with Crippen molar-refractivity contribution in [2.45, 2.75) is 12.8 Å². The highest BCUT2D eigenvalue weighted by Gasteiger charge is 2.56. The molecule has 0 spiro atoms. The minimum Gasteiger partial charge on any atom is -0.316 e. The highest BCUT2D eigenvalue weighted by atomic mass is 79.9. The van der Waals surface area contributed by atoms with Gasteiger partial charge in [-0.15, -0.1) is 0 Å². The predicted octanol–water partition coefficient (Wildman–Crippen LogP) is 2.60. The Morgan fingerprint density at radius 2 is 2.43 bits per heavy atom. The first-order chi connectivity index (χ1) is 6.78. The van der Waals surface area contributed by atoms with Crippen LogP contribution in [-0.2, 0) is 6.42 Å². The Morgan fingerprint density at radius 1 is 1.50 bits per heavy atom. The summed E-state index contributed by atoms with van der Waals surface area (Å²) in [7, 11) is 0. The topological polar surface area (TPSA) is 12.0 Å². The van der Waals surface area contributed by atoms with Gasteiger partial charge >= 0.3 is 0 Å². The minimum atomic E-state index is 0.626. The number of hydrogen-bond acceptors (Lipinski definition) is 1. The summed E-state index contributed by atoms with van der Waals surface area (Å²) < 4.78 is 1.20. The molecule has 1 aliphatic carbocycles. The molecule has 1 heterocycles. The van der Waals surface area contributed by atoms with Crippen LogP contribution in [0, 0.1) is 11.3 Å². The van der Waals surface area contributed by atoms with Crippen LogP contribution in [-0.4, -0.2) is 13.1 Å². The molecule has 2 heteroatoms. The van der Waals surface area contributed by atoms with Crippen molar-refractivity contribution in [1.82, 2.24) is 5.32 Å². The van der Waals surface area contributed by atoms with E-state index >= 15 is 0 Å². The van der Waals surface area contributed by atoms with Crippen molar-refractivity contribution in [3.05, 3.63) is 34.3 Å². The molecule has 0 radical (unpaired) electrons. The molecule has 2 aliphatic rings. The van der Waals surface area contributed by atoms with Gasteiger partial charge in [-0.2, -0.15) is 0 Å². The second-order valence-electron chi connectivity index (χ2n) is 4.70. The van der Waals surface area contributed by atoms with E-state index in [9.17, 15) is 0 Å². The van der Waals surface area contributed by atoms with E-state index < -0.39 is 0 Å². The molecule has 0 aromatic heterocycles. The minimum absolute atomic E-state index is 0.626. The standard InChI is InChI=1S/C12H14BrN/c13-11-3-1-2-9(4-11)5-12-6-10(12)7-14-8-12/h1-4,10,14H,5-8H2. The van der Waals surface area contributed by atoms with Gasteiger partial charge in [0.05, 0.1) is 0 Å². The van der Waals surface area contributed by atoms with Gasteiger partial charge in [0.25, 0.3) is 0 Å². The predicted molar refractivity (Wildman–Crippen MR) is 61.3 cm³/mol. The molecule has 1 saturated carbocycles. The first-order valence-electron chi connectivity index (χ1n) is 5.24. The third-order valence-corrected chi connectivity index (χ3v) is 4.17. The van der Waals surface area contributed by atoms with Crippen LogP contribution in [0.4, 0.5) is 0 Å². The maximum Gasteiger partial charge on any atom is 0.0177 e. The van der Waals surface area contributed by atoms with E-state index in [4.69, 9.17) is 0 Å². The first-order valence-corrected chi connectivity index (χ1v) is 6.03. The molecule has 14 heavy (non-hydrogen) atoms. The maximum absolute atomic E-state index is 3.53. The van der Waals surface area contributed by atoms with Gasteiger partial charge in [0.15, 0.2) is 0 Å². The SMILES string of the molecule is Brc1cccc(CC23CNCC2C3)c1. The van der Waals surface area contributed by atoms with Crippen molar-refractivity contribution in [3.8, 4) is 0 Å². The summed E-state index contributed by atoms with van der Waals surface area (Å²) in [6, 6.07) is 8.73. The molecular formula is C12H14BrN. The summed E-state index contributed by atoms with van der Waals surface area (Å²) in [6.45, 7) is 2.47. The van der Waals surface area contributed by atoms with Crippen LogP contribution in [0.5, 0.6) is 0 Å². The van der Waals surface area contributed by atoms with Gasteiger partial charge in [-0.05, 0) is 48.4 Å². The van der Waals surface area contributed by atoms with Crippen molar-refractivity contribution in [1.29, 1.82) is 0 Å². The van der Waals surface area contributed by atoms with Crippen LogP contribution in [0.1, 0.15) is 12.0 Å². The van der Waals surface area contributed by atoms with E-state index in [1.807, 2.05) is 0 Å². The number of piperidine rings is 1. The van der Waals surface area contributed by atoms with E-state index in [2.05, 4.69) is 45.5 Å². The molecule has 1 aliphatic heterocycles. The average molecular weight is 252 g/mol. The average Bonchev–Trinajstić information content (AvgIpc) is 2.67. The number of benzene rings is 1. The van der Waals surface area contributed by atoms with Crippen LogP contribution in [0.25, 0.3) is 0 Å². The highest BCUT2D eigenvalue weighted by molar-refractivity contribution is 9.10. The fourth-order valence-electron chi connectivity index (χ4n) is 2.76. The molecular weight excluding hydrogens is 238 g/mol. The number of nitrogens with one attached hydrogen (secondary N) is 1. The Bertz CT molecular complexity index is 363. The summed E-state index contributed by atoms with van der Waals surface area (Å²) >= 11 is 3.53. The highest BCUT2D eigenvalue weighted by Crippen LogP contribution is 2.56. The molecule has 2 atom stereocenters. The molecule has 1 aromatic carbocycles. The quantitative estimate of drug-likeness (QED) is 0.853. The number of rotatable bonds is 2. The molecule has 1 nitrogen and oxygen atoms in total. The lowest BCUT2D eigenvalue weighted by Gasteiger charge is -2.11. The van der Waals surface area contributed by atoms with Crippen molar-refractivity contribution < 1.29 is 0 Å². The molecule has 0 bridgehead atoms. The van der Waals surface area contributed by atoms with Crippen molar-refractivity contribution in [2.24, 2.45) is 11.3 Å². The van der Waals surface area contributed by atoms with Crippen LogP contribution >= 0.6 is 15.9 Å². The summed E-state index contributed by atoms with van der Waals surface area (Å²) in [5, 5.41) is 3.49. The van der Waals surface area contributed by atoms with E-state index in [1.54, 1.807) is 0 Å². The summed E-state index contributed by atoms with van der Waals surface area (Å²) in [5.41, 5.74) is 2.10. The lowest BCUT2D eigenvalue weighted by molar-refractivity contribution is 0.512. The zero-order valence-electron chi connectivity index (χ0n) is 8.09. The van der Waals surface area contributed by atoms with E-state index in [1.165, 1.54) is 36.0 Å². The van der Waals surface area contributed by atoms with Gasteiger partial charge in [-0.3, -0.25) is 0 Å². The van der Waals surface area contributed by atoms with Crippen molar-refractivity contribution in [3.63, 3.8) is 0 Å². The molecule has 0 amide bonds. The zero-order chi connectivity index (χ0) is 9.60. The molecule has 2 unspecified atom stereocenters. The van der Waals surface area contributed by atoms with Gasteiger partial charge in [0.1, 0.15) is 0 Å². The second-order valence-corrected chi connectivity index (χ2v) is 5.62. The normalized spacial score (nSPS) is 34.2. The molecule has 1 saturated heterocycles. The summed E-state index contributed by atoms with van der Waals surface area (Å²) in [4.78, 5) is 0. The number of fused-ring (bicyclic) bond motifs is 1. The van der Waals surface area contributed by atoms with E-state index in [-0.39, 0.29) is 0 Å². The van der Waals surface area contributed by atoms with E-state index in [0.29, 0.717) is 5.41 Å². The number of halogens is 1. The molecule has 2 fully saturated rings. The van der Waals surface area contributed by atoms with Gasteiger partial charge in [-0.1, -0.05) is 28.1 Å². The summed E-state index contributed by atoms with van der Waals surface area (Å²) in [6.07, 6.45) is 2.69. The van der Waals surface area contributed by atoms with Gasteiger partial charge in [0, 0.05) is 11.0 Å². The third-order valence-electron chi connectivity index (χ3n) is 3.67. The summed E-state index contributed by atoms with van der Waals surface area (Å²) in [5.74, 6) is 0.960. The third kappa shape index (κ3) is 1.41. The zero-order valence-corrected chi connectivity index (χ0v) is 9.68. The van der Waals surface area contributed by atoms with Crippen LogP contribution in [0.15, 0.2) is 28.7 Å². The molecule has 1 N–H and O–H groups in total. The Hall–Kier alpha value is -0.340. The fraction of sp³-hybridized carbons (Fsp3) is 0.500. The van der Waals surface area contributed by atoms with Crippen LogP contribution < -0.4 is 5.32 Å². The Balaban J connectivity index is 1.79. The monoisotopic (exact) mass is 251 g/mol. The van der Waals surface area contributed by atoms with E-state index in [0.717, 1.165) is 5.92 Å². The first kappa shape index (κ1) is 8.93. The fourth-order valence-corrected chi connectivity index (χ4v) is 3.21. The van der Waals surface area contributed by atoms with Crippen molar-refractivity contribution >= 4 is 15.9 Å².